The lowest BCUT2D eigenvalue weighted by molar-refractivity contribution is 0.0936. The van der Waals surface area contributed by atoms with Gasteiger partial charge >= 0.3 is 0 Å². The van der Waals surface area contributed by atoms with E-state index in [-0.39, 0.29) is 29.1 Å². The van der Waals surface area contributed by atoms with Gasteiger partial charge in [0.1, 0.15) is 5.69 Å². The Labute approximate surface area is 122 Å². The summed E-state index contributed by atoms with van der Waals surface area (Å²) in [4.78, 5) is 16.5. The third kappa shape index (κ3) is 2.76. The summed E-state index contributed by atoms with van der Waals surface area (Å²) in [5, 5.41) is 7.02. The van der Waals surface area contributed by atoms with Crippen LogP contribution in [0.1, 0.15) is 28.3 Å². The lowest BCUT2D eigenvalue weighted by atomic mass is 10.2. The first kappa shape index (κ1) is 14.0. The number of carbonyl (C=O) groups excluding carboxylic acids is 1. The average Bonchev–Trinajstić information content (AvgIpc) is 2.91. The van der Waals surface area contributed by atoms with Gasteiger partial charge in [-0.1, -0.05) is 0 Å². The molecule has 0 bridgehead atoms. The third-order valence-electron chi connectivity index (χ3n) is 3.53. The van der Waals surface area contributed by atoms with Gasteiger partial charge in [-0.3, -0.25) is 4.79 Å². The molecule has 1 aliphatic rings. The first-order valence-electron chi connectivity index (χ1n) is 6.69. The van der Waals surface area contributed by atoms with E-state index < -0.39 is 9.84 Å². The highest BCUT2D eigenvalue weighted by molar-refractivity contribution is 7.91. The lowest BCUT2D eigenvalue weighted by Crippen LogP contribution is -2.36. The summed E-state index contributed by atoms with van der Waals surface area (Å²) in [5.74, 6) is -0.210. The predicted molar refractivity (Wildman–Crippen MR) is 77.0 cm³/mol. The van der Waals surface area contributed by atoms with Crippen LogP contribution in [0.15, 0.2) is 12.1 Å². The first-order chi connectivity index (χ1) is 9.84. The Morgan fingerprint density at radius 2 is 2.14 bits per heavy atom. The minimum atomic E-state index is -3.01. The second-order valence-electron chi connectivity index (χ2n) is 5.41. The van der Waals surface area contributed by atoms with Crippen molar-refractivity contribution in [1.29, 1.82) is 0 Å². The molecule has 8 heteroatoms. The van der Waals surface area contributed by atoms with Gasteiger partial charge in [-0.25, -0.2) is 17.9 Å². The number of aromatic nitrogens is 3. The van der Waals surface area contributed by atoms with E-state index >= 15 is 0 Å². The van der Waals surface area contributed by atoms with Crippen molar-refractivity contribution in [2.45, 2.75) is 26.3 Å². The Kier molecular flexibility index (Phi) is 3.20. The van der Waals surface area contributed by atoms with E-state index in [0.29, 0.717) is 12.1 Å². The van der Waals surface area contributed by atoms with Crippen LogP contribution in [0.3, 0.4) is 0 Å². The van der Waals surface area contributed by atoms with Gasteiger partial charge in [-0.15, -0.1) is 0 Å². The summed E-state index contributed by atoms with van der Waals surface area (Å²) in [7, 11) is -3.01. The first-order valence-corrected chi connectivity index (χ1v) is 8.51. The van der Waals surface area contributed by atoms with Gasteiger partial charge in [0.15, 0.2) is 15.5 Å². The molecular weight excluding hydrogens is 292 g/mol. The van der Waals surface area contributed by atoms with Crippen LogP contribution in [0.25, 0.3) is 5.65 Å². The largest absolute Gasteiger partial charge is 0.347 e. The summed E-state index contributed by atoms with van der Waals surface area (Å²) >= 11 is 0. The van der Waals surface area contributed by atoms with E-state index in [4.69, 9.17) is 0 Å². The minimum Gasteiger partial charge on any atom is -0.347 e. The van der Waals surface area contributed by atoms with Gasteiger partial charge in [0, 0.05) is 17.8 Å². The highest BCUT2D eigenvalue weighted by Crippen LogP contribution is 2.13. The standard InChI is InChI=1S/C13H16N4O3S/c1-8-5-12-15-11(6-9(2)17(12)16-8)13(18)14-10-3-4-21(19,20)7-10/h5-6,10H,3-4,7H2,1-2H3,(H,14,18). The Morgan fingerprint density at radius 1 is 1.38 bits per heavy atom. The van der Waals surface area contributed by atoms with Gasteiger partial charge in [-0.05, 0) is 26.3 Å². The van der Waals surface area contributed by atoms with Crippen molar-refractivity contribution < 1.29 is 13.2 Å². The number of sulfone groups is 1. The van der Waals surface area contributed by atoms with E-state index in [1.54, 1.807) is 16.6 Å². The van der Waals surface area contributed by atoms with E-state index in [1.165, 1.54) is 0 Å². The number of hydrogen-bond donors (Lipinski definition) is 1. The average molecular weight is 308 g/mol. The molecule has 21 heavy (non-hydrogen) atoms. The highest BCUT2D eigenvalue weighted by Gasteiger charge is 2.29. The molecule has 3 heterocycles. The topological polar surface area (TPSA) is 93.4 Å². The molecule has 2 aromatic rings. The number of aryl methyl sites for hydroxylation is 2. The highest BCUT2D eigenvalue weighted by atomic mass is 32.2. The normalized spacial score (nSPS) is 20.8. The van der Waals surface area contributed by atoms with Gasteiger partial charge in [-0.2, -0.15) is 5.10 Å². The molecule has 1 N–H and O–H groups in total. The molecule has 7 nitrogen and oxygen atoms in total. The summed E-state index contributed by atoms with van der Waals surface area (Å²) < 4.78 is 24.5. The number of rotatable bonds is 2. The smallest absolute Gasteiger partial charge is 0.270 e. The van der Waals surface area contributed by atoms with Gasteiger partial charge < -0.3 is 5.32 Å². The van der Waals surface area contributed by atoms with Crippen LogP contribution in [-0.2, 0) is 9.84 Å². The second-order valence-corrected chi connectivity index (χ2v) is 7.64. The number of nitrogens with zero attached hydrogens (tertiary/aromatic N) is 3. The zero-order valence-corrected chi connectivity index (χ0v) is 12.6. The third-order valence-corrected chi connectivity index (χ3v) is 5.30. The number of fused-ring (bicyclic) bond motifs is 1. The van der Waals surface area contributed by atoms with Crippen molar-refractivity contribution in [1.82, 2.24) is 19.9 Å². The zero-order chi connectivity index (χ0) is 15.2. The number of nitrogens with one attached hydrogen (secondary N) is 1. The monoisotopic (exact) mass is 308 g/mol. The van der Waals surface area contributed by atoms with Crippen molar-refractivity contribution in [3.8, 4) is 0 Å². The Morgan fingerprint density at radius 3 is 2.81 bits per heavy atom. The molecule has 1 amide bonds. The van der Waals surface area contributed by atoms with Crippen LogP contribution in [0.2, 0.25) is 0 Å². The summed E-state index contributed by atoms with van der Waals surface area (Å²) in [6.45, 7) is 3.70. The van der Waals surface area contributed by atoms with Gasteiger partial charge in [0.25, 0.3) is 5.91 Å². The molecule has 1 unspecified atom stereocenters. The lowest BCUT2D eigenvalue weighted by Gasteiger charge is -2.11. The van der Waals surface area contributed by atoms with Crippen molar-refractivity contribution in [3.05, 3.63) is 29.2 Å². The van der Waals surface area contributed by atoms with Crippen LogP contribution in [-0.4, -0.2) is 46.5 Å². The van der Waals surface area contributed by atoms with E-state index in [0.717, 1.165) is 11.4 Å². The van der Waals surface area contributed by atoms with E-state index in [1.807, 2.05) is 13.8 Å². The van der Waals surface area contributed by atoms with Gasteiger partial charge in [0.05, 0.1) is 17.2 Å². The van der Waals surface area contributed by atoms with Crippen LogP contribution in [0.4, 0.5) is 0 Å². The quantitative estimate of drug-likeness (QED) is 0.859. The molecule has 0 spiro atoms. The van der Waals surface area contributed by atoms with Crippen molar-refractivity contribution in [2.24, 2.45) is 0 Å². The molecule has 3 rings (SSSR count). The molecule has 0 aromatic carbocycles. The molecule has 0 radical (unpaired) electrons. The Bertz CT molecular complexity index is 825. The van der Waals surface area contributed by atoms with E-state index in [2.05, 4.69) is 15.4 Å². The van der Waals surface area contributed by atoms with E-state index in [9.17, 15) is 13.2 Å². The summed E-state index contributed by atoms with van der Waals surface area (Å²) in [6, 6.07) is 3.12. The SMILES string of the molecule is Cc1cc2nc(C(=O)NC3CCS(=O)(=O)C3)cc(C)n2n1. The van der Waals surface area contributed by atoms with Crippen molar-refractivity contribution >= 4 is 21.4 Å². The maximum Gasteiger partial charge on any atom is 0.270 e. The molecule has 0 saturated carbocycles. The Hall–Kier alpha value is -1.96. The molecule has 1 atom stereocenters. The van der Waals surface area contributed by atoms with Crippen LogP contribution in [0.5, 0.6) is 0 Å². The number of carbonyl (C=O) groups is 1. The van der Waals surface area contributed by atoms with Crippen LogP contribution in [0, 0.1) is 13.8 Å². The fourth-order valence-electron chi connectivity index (χ4n) is 2.52. The summed E-state index contributed by atoms with van der Waals surface area (Å²) in [6.07, 6.45) is 0.459. The molecular formula is C13H16N4O3S. The maximum atomic E-state index is 12.2. The predicted octanol–water partition coefficient (Wildman–Crippen LogP) is 0.263. The summed E-state index contributed by atoms with van der Waals surface area (Å²) in [5.41, 5.74) is 2.52. The Balaban J connectivity index is 1.85. The fraction of sp³-hybridized carbons (Fsp3) is 0.462. The zero-order valence-electron chi connectivity index (χ0n) is 11.8. The maximum absolute atomic E-state index is 12.2. The molecule has 1 saturated heterocycles. The van der Waals surface area contributed by atoms with Crippen LogP contribution < -0.4 is 5.32 Å². The number of amides is 1. The van der Waals surface area contributed by atoms with Gasteiger partial charge in [0.2, 0.25) is 0 Å². The molecule has 2 aromatic heterocycles. The second kappa shape index (κ2) is 4.80. The van der Waals surface area contributed by atoms with Crippen molar-refractivity contribution in [2.75, 3.05) is 11.5 Å². The fourth-order valence-corrected chi connectivity index (χ4v) is 4.20. The van der Waals surface area contributed by atoms with Crippen LogP contribution >= 0.6 is 0 Å². The molecule has 112 valence electrons. The minimum absolute atomic E-state index is 0.00571. The molecule has 0 aliphatic carbocycles. The van der Waals surface area contributed by atoms with Crippen molar-refractivity contribution in [3.63, 3.8) is 0 Å². The molecule has 1 fully saturated rings. The number of hydrogen-bond acceptors (Lipinski definition) is 5. The molecule has 1 aliphatic heterocycles.